The summed E-state index contributed by atoms with van der Waals surface area (Å²) in [5, 5.41) is 2.89. The molecule has 0 spiro atoms. The van der Waals surface area contributed by atoms with Gasteiger partial charge in [0.2, 0.25) is 0 Å². The first-order valence-electron chi connectivity index (χ1n) is 7.89. The summed E-state index contributed by atoms with van der Waals surface area (Å²) in [6, 6.07) is 1.93. The van der Waals surface area contributed by atoms with Gasteiger partial charge in [0.15, 0.2) is 0 Å². The Labute approximate surface area is 145 Å². The summed E-state index contributed by atoms with van der Waals surface area (Å²) in [5.74, 6) is -2.00. The number of hydrogen-bond acceptors (Lipinski definition) is 5. The van der Waals surface area contributed by atoms with Crippen LogP contribution in [0.25, 0.3) is 0 Å². The van der Waals surface area contributed by atoms with E-state index in [4.69, 9.17) is 9.47 Å². The maximum Gasteiger partial charge on any atom is 0.411 e. The number of nitrogens with zero attached hydrogens (tertiary/aromatic N) is 1. The molecule has 1 aromatic carbocycles. The Balaban J connectivity index is 2.14. The highest BCUT2D eigenvalue weighted by Gasteiger charge is 2.42. The molecule has 1 aliphatic rings. The van der Waals surface area contributed by atoms with Crippen molar-refractivity contribution in [3.05, 3.63) is 29.8 Å². The Bertz CT molecular complexity index is 661. The summed E-state index contributed by atoms with van der Waals surface area (Å²) in [5.41, 5.74) is -0.618. The van der Waals surface area contributed by atoms with Gasteiger partial charge < -0.3 is 14.8 Å². The van der Waals surface area contributed by atoms with E-state index in [9.17, 15) is 18.4 Å². The first kappa shape index (κ1) is 19.0. The quantitative estimate of drug-likeness (QED) is 0.844. The van der Waals surface area contributed by atoms with E-state index in [-0.39, 0.29) is 18.7 Å². The summed E-state index contributed by atoms with van der Waals surface area (Å²) in [7, 11) is 1.23. The highest BCUT2D eigenvalue weighted by atomic mass is 19.1. The fraction of sp³-hybridized carbons (Fsp3) is 0.529. The van der Waals surface area contributed by atoms with Crippen LogP contribution in [0.1, 0.15) is 27.2 Å². The molecule has 1 aliphatic heterocycles. The molecule has 1 aromatic rings. The zero-order valence-electron chi connectivity index (χ0n) is 14.6. The molecule has 0 unspecified atom stereocenters. The van der Waals surface area contributed by atoms with E-state index in [1.165, 1.54) is 18.1 Å². The Kier molecular flexibility index (Phi) is 5.49. The Morgan fingerprint density at radius 3 is 2.52 bits per heavy atom. The van der Waals surface area contributed by atoms with Crippen molar-refractivity contribution in [1.82, 2.24) is 4.90 Å². The monoisotopic (exact) mass is 356 g/mol. The molecule has 2 atom stereocenters. The molecule has 1 amide bonds. The number of benzene rings is 1. The van der Waals surface area contributed by atoms with Gasteiger partial charge in [-0.15, -0.1) is 0 Å². The second-order valence-corrected chi connectivity index (χ2v) is 6.87. The second kappa shape index (κ2) is 7.25. The molecule has 1 N–H and O–H groups in total. The summed E-state index contributed by atoms with van der Waals surface area (Å²) in [4.78, 5) is 25.6. The predicted molar refractivity (Wildman–Crippen MR) is 87.1 cm³/mol. The summed E-state index contributed by atoms with van der Waals surface area (Å²) < 4.78 is 36.9. The molecule has 0 aromatic heterocycles. The van der Waals surface area contributed by atoms with Crippen LogP contribution in [0.5, 0.6) is 0 Å². The largest absolute Gasteiger partial charge is 0.467 e. The number of ether oxygens (including phenoxy) is 2. The maximum absolute atomic E-state index is 13.8. The number of nitrogens with one attached hydrogen (secondary N) is 1. The van der Waals surface area contributed by atoms with Crippen molar-refractivity contribution in [3.8, 4) is 0 Å². The molecular weight excluding hydrogens is 334 g/mol. The number of amides is 1. The lowest BCUT2D eigenvalue weighted by Gasteiger charge is -2.27. The molecule has 0 aliphatic carbocycles. The number of carbonyl (C=O) groups is 2. The van der Waals surface area contributed by atoms with E-state index >= 15 is 0 Å². The van der Waals surface area contributed by atoms with Crippen LogP contribution in [0.4, 0.5) is 19.3 Å². The van der Waals surface area contributed by atoms with Crippen LogP contribution in [-0.4, -0.2) is 48.3 Å². The average Bonchev–Trinajstić information content (AvgIpc) is 2.92. The Hall–Kier alpha value is -2.38. The molecule has 25 heavy (non-hydrogen) atoms. The smallest absolute Gasteiger partial charge is 0.411 e. The first-order valence-corrected chi connectivity index (χ1v) is 7.89. The van der Waals surface area contributed by atoms with Gasteiger partial charge in [-0.25, -0.2) is 18.4 Å². The van der Waals surface area contributed by atoms with E-state index in [2.05, 4.69) is 5.32 Å². The molecule has 1 heterocycles. The molecule has 8 heteroatoms. The maximum atomic E-state index is 13.8. The van der Waals surface area contributed by atoms with Gasteiger partial charge >= 0.3 is 12.1 Å². The van der Waals surface area contributed by atoms with Gasteiger partial charge in [-0.2, -0.15) is 0 Å². The van der Waals surface area contributed by atoms with E-state index in [1.54, 1.807) is 20.8 Å². The summed E-state index contributed by atoms with van der Waals surface area (Å²) in [6.45, 7) is 5.29. The Morgan fingerprint density at radius 2 is 1.96 bits per heavy atom. The molecular formula is C17H22F2N2O4. The van der Waals surface area contributed by atoms with Crippen molar-refractivity contribution in [2.45, 2.75) is 44.9 Å². The third-order valence-corrected chi connectivity index (χ3v) is 3.69. The fourth-order valence-corrected chi connectivity index (χ4v) is 2.65. The summed E-state index contributed by atoms with van der Waals surface area (Å²) >= 11 is 0. The van der Waals surface area contributed by atoms with Crippen LogP contribution in [0, 0.1) is 11.6 Å². The number of esters is 1. The highest BCUT2D eigenvalue weighted by Crippen LogP contribution is 2.26. The fourth-order valence-electron chi connectivity index (χ4n) is 2.65. The van der Waals surface area contributed by atoms with E-state index in [0.717, 1.165) is 12.1 Å². The van der Waals surface area contributed by atoms with Gasteiger partial charge in [0, 0.05) is 25.1 Å². The number of halogens is 2. The van der Waals surface area contributed by atoms with Crippen LogP contribution >= 0.6 is 0 Å². The molecule has 6 nitrogen and oxygen atoms in total. The minimum absolute atomic E-state index is 0.0982. The van der Waals surface area contributed by atoms with Crippen LogP contribution < -0.4 is 5.32 Å². The summed E-state index contributed by atoms with van der Waals surface area (Å²) in [6.07, 6.45) is -0.422. The first-order chi connectivity index (χ1) is 11.6. The van der Waals surface area contributed by atoms with Gasteiger partial charge in [0.25, 0.3) is 0 Å². The zero-order valence-corrected chi connectivity index (χ0v) is 14.6. The predicted octanol–water partition coefficient (Wildman–Crippen LogP) is 2.93. The second-order valence-electron chi connectivity index (χ2n) is 6.87. The lowest BCUT2D eigenvalue weighted by atomic mass is 10.1. The van der Waals surface area contributed by atoms with E-state index in [1.807, 2.05) is 0 Å². The molecule has 1 saturated heterocycles. The van der Waals surface area contributed by atoms with Crippen molar-refractivity contribution in [2.75, 3.05) is 19.0 Å². The number of anilines is 1. The van der Waals surface area contributed by atoms with Crippen LogP contribution in [0.2, 0.25) is 0 Å². The van der Waals surface area contributed by atoms with Gasteiger partial charge in [-0.05, 0) is 32.9 Å². The molecule has 0 radical (unpaired) electrons. The zero-order chi connectivity index (χ0) is 18.8. The van der Waals surface area contributed by atoms with Gasteiger partial charge in [-0.1, -0.05) is 0 Å². The Morgan fingerprint density at radius 1 is 1.28 bits per heavy atom. The van der Waals surface area contributed by atoms with Gasteiger partial charge in [0.05, 0.1) is 12.8 Å². The third kappa shape index (κ3) is 4.80. The topological polar surface area (TPSA) is 67.9 Å². The molecule has 0 saturated carbocycles. The highest BCUT2D eigenvalue weighted by molar-refractivity contribution is 5.82. The molecule has 2 rings (SSSR count). The lowest BCUT2D eigenvalue weighted by molar-refractivity contribution is -0.145. The molecule has 138 valence electrons. The van der Waals surface area contributed by atoms with E-state index < -0.39 is 41.4 Å². The minimum Gasteiger partial charge on any atom is -0.467 e. The van der Waals surface area contributed by atoms with Crippen molar-refractivity contribution in [1.29, 1.82) is 0 Å². The number of likely N-dealkylation sites (tertiary alicyclic amines) is 1. The number of hydrogen-bond donors (Lipinski definition) is 1. The number of rotatable bonds is 3. The minimum atomic E-state index is -0.833. The lowest BCUT2D eigenvalue weighted by Crippen LogP contribution is -2.44. The van der Waals surface area contributed by atoms with Crippen molar-refractivity contribution < 1.29 is 27.8 Å². The van der Waals surface area contributed by atoms with E-state index in [0.29, 0.717) is 0 Å². The van der Waals surface area contributed by atoms with Crippen LogP contribution in [0.3, 0.4) is 0 Å². The average molecular weight is 356 g/mol. The standard InChI is InChI=1S/C17H22F2N2O4/c1-17(2,3)25-16(23)21-9-11(8-14(21)15(22)24-4)20-13-6-5-10(18)7-12(13)19/h5-7,11,14,20H,8-9H2,1-4H3/t11-,14-/m0/s1. The molecule has 1 fully saturated rings. The van der Waals surface area contributed by atoms with Gasteiger partial charge in [0.1, 0.15) is 23.3 Å². The van der Waals surface area contributed by atoms with Crippen LogP contribution in [-0.2, 0) is 14.3 Å². The van der Waals surface area contributed by atoms with Crippen molar-refractivity contribution in [2.24, 2.45) is 0 Å². The molecule has 0 bridgehead atoms. The SMILES string of the molecule is COC(=O)[C@@H]1C[C@H](Nc2ccc(F)cc2F)CN1C(=O)OC(C)(C)C. The number of carbonyl (C=O) groups excluding carboxylic acids is 2. The number of methoxy groups -OCH3 is 1. The van der Waals surface area contributed by atoms with Crippen molar-refractivity contribution in [3.63, 3.8) is 0 Å². The van der Waals surface area contributed by atoms with Crippen LogP contribution in [0.15, 0.2) is 18.2 Å². The van der Waals surface area contributed by atoms with Crippen molar-refractivity contribution >= 4 is 17.7 Å². The van der Waals surface area contributed by atoms with Gasteiger partial charge in [-0.3, -0.25) is 4.90 Å². The normalized spacial score (nSPS) is 20.3. The third-order valence-electron chi connectivity index (χ3n) is 3.69.